The molecule has 0 atom stereocenters. The van der Waals surface area contributed by atoms with Gasteiger partial charge in [-0.25, -0.2) is 0 Å². The number of piperazine rings is 1. The molecule has 1 heterocycles. The normalized spacial score (nSPS) is 18.4. The van der Waals surface area contributed by atoms with Crippen LogP contribution >= 0.6 is 0 Å². The monoisotopic (exact) mass is 342 g/mol. The van der Waals surface area contributed by atoms with Gasteiger partial charge in [0.25, 0.3) is 0 Å². The van der Waals surface area contributed by atoms with Crippen LogP contribution in [-0.4, -0.2) is 42.0 Å². The molecule has 1 aromatic carbocycles. The van der Waals surface area contributed by atoms with Crippen LogP contribution in [0.25, 0.3) is 0 Å². The molecule has 0 radical (unpaired) electrons. The van der Waals surface area contributed by atoms with Crippen molar-refractivity contribution in [3.05, 3.63) is 34.9 Å². The maximum Gasteiger partial charge on any atom is 0.416 e. The third-order valence-corrected chi connectivity index (χ3v) is 4.81. The van der Waals surface area contributed by atoms with Crippen LogP contribution in [0.15, 0.2) is 18.2 Å². The zero-order valence-corrected chi connectivity index (χ0v) is 15.4. The van der Waals surface area contributed by atoms with Crippen molar-refractivity contribution in [2.45, 2.75) is 58.8 Å². The van der Waals surface area contributed by atoms with Crippen LogP contribution in [0.2, 0.25) is 0 Å². The second-order valence-electron chi connectivity index (χ2n) is 8.03. The summed E-state index contributed by atoms with van der Waals surface area (Å²) in [7, 11) is 0. The van der Waals surface area contributed by atoms with E-state index in [1.54, 1.807) is 6.07 Å². The third kappa shape index (κ3) is 4.73. The molecular weight excluding hydrogens is 313 g/mol. The van der Waals surface area contributed by atoms with Gasteiger partial charge in [0.15, 0.2) is 0 Å². The summed E-state index contributed by atoms with van der Waals surface area (Å²) in [6.45, 7) is 14.0. The Morgan fingerprint density at radius 2 is 1.58 bits per heavy atom. The highest BCUT2D eigenvalue weighted by molar-refractivity contribution is 5.37. The van der Waals surface area contributed by atoms with Crippen LogP contribution in [0.3, 0.4) is 0 Å². The van der Waals surface area contributed by atoms with Crippen molar-refractivity contribution in [2.24, 2.45) is 0 Å². The molecular formula is C19H29F3N2. The van der Waals surface area contributed by atoms with E-state index in [4.69, 9.17) is 0 Å². The van der Waals surface area contributed by atoms with Gasteiger partial charge in [0.2, 0.25) is 0 Å². The molecule has 24 heavy (non-hydrogen) atoms. The molecule has 0 aromatic heterocycles. The van der Waals surface area contributed by atoms with E-state index < -0.39 is 11.7 Å². The van der Waals surface area contributed by atoms with Gasteiger partial charge in [-0.05, 0) is 36.5 Å². The van der Waals surface area contributed by atoms with Crippen molar-refractivity contribution in [3.8, 4) is 0 Å². The minimum atomic E-state index is -4.31. The van der Waals surface area contributed by atoms with Crippen molar-refractivity contribution in [3.63, 3.8) is 0 Å². The maximum absolute atomic E-state index is 13.5. The Hall–Kier alpha value is -1.07. The van der Waals surface area contributed by atoms with Gasteiger partial charge >= 0.3 is 6.18 Å². The average molecular weight is 342 g/mol. The van der Waals surface area contributed by atoms with Crippen molar-refractivity contribution in [1.82, 2.24) is 9.80 Å². The number of rotatable bonds is 3. The lowest BCUT2D eigenvalue weighted by atomic mass is 9.85. The minimum absolute atomic E-state index is 0.290. The molecule has 2 rings (SSSR count). The molecule has 2 nitrogen and oxygen atoms in total. The Kier molecular flexibility index (Phi) is 5.65. The zero-order valence-electron chi connectivity index (χ0n) is 15.4. The maximum atomic E-state index is 13.5. The summed E-state index contributed by atoms with van der Waals surface area (Å²) in [6.07, 6.45) is -4.31. The molecule has 0 N–H and O–H groups in total. The number of halogens is 3. The van der Waals surface area contributed by atoms with E-state index in [1.165, 1.54) is 6.07 Å². The SMILES string of the molecule is CC(C)N1CCN(Cc2ccc(C(C)(C)C)cc2C(F)(F)F)CC1. The van der Waals surface area contributed by atoms with E-state index >= 15 is 0 Å². The zero-order chi connectivity index (χ0) is 18.1. The predicted octanol–water partition coefficient (Wildman–Crippen LogP) is 4.53. The van der Waals surface area contributed by atoms with E-state index in [-0.39, 0.29) is 5.41 Å². The average Bonchev–Trinajstić information content (AvgIpc) is 2.46. The summed E-state index contributed by atoms with van der Waals surface area (Å²) >= 11 is 0. The van der Waals surface area contributed by atoms with Gasteiger partial charge in [-0.2, -0.15) is 13.2 Å². The Morgan fingerprint density at radius 3 is 2.04 bits per heavy atom. The topological polar surface area (TPSA) is 6.48 Å². The van der Waals surface area contributed by atoms with Gasteiger partial charge in [0, 0.05) is 38.8 Å². The first-order valence-electron chi connectivity index (χ1n) is 8.65. The Balaban J connectivity index is 2.18. The molecule has 0 saturated carbocycles. The predicted molar refractivity (Wildman–Crippen MR) is 92.1 cm³/mol. The lowest BCUT2D eigenvalue weighted by Gasteiger charge is -2.37. The van der Waals surface area contributed by atoms with Gasteiger partial charge in [0.05, 0.1) is 5.56 Å². The fraction of sp³-hybridized carbons (Fsp3) is 0.684. The second kappa shape index (κ2) is 7.04. The van der Waals surface area contributed by atoms with E-state index in [1.807, 2.05) is 26.8 Å². The molecule has 0 aliphatic carbocycles. The molecule has 1 aliphatic rings. The summed E-state index contributed by atoms with van der Waals surface area (Å²) in [5.74, 6) is 0. The Morgan fingerprint density at radius 1 is 1.00 bits per heavy atom. The molecule has 0 bridgehead atoms. The molecule has 0 amide bonds. The Bertz CT molecular complexity index is 551. The fourth-order valence-corrected chi connectivity index (χ4v) is 3.12. The first-order valence-corrected chi connectivity index (χ1v) is 8.65. The number of alkyl halides is 3. The van der Waals surface area contributed by atoms with E-state index in [9.17, 15) is 13.2 Å². The summed E-state index contributed by atoms with van der Waals surface area (Å²) < 4.78 is 40.5. The number of hydrogen-bond donors (Lipinski definition) is 0. The van der Waals surface area contributed by atoms with E-state index in [0.29, 0.717) is 18.2 Å². The van der Waals surface area contributed by atoms with Crippen molar-refractivity contribution in [2.75, 3.05) is 26.2 Å². The van der Waals surface area contributed by atoms with Crippen LogP contribution in [0.5, 0.6) is 0 Å². The van der Waals surface area contributed by atoms with Gasteiger partial charge in [-0.15, -0.1) is 0 Å². The number of hydrogen-bond acceptors (Lipinski definition) is 2. The van der Waals surface area contributed by atoms with Gasteiger partial charge in [-0.1, -0.05) is 32.9 Å². The van der Waals surface area contributed by atoms with Crippen LogP contribution in [0.4, 0.5) is 13.2 Å². The molecule has 1 saturated heterocycles. The summed E-state index contributed by atoms with van der Waals surface area (Å²) in [5.41, 5.74) is 0.333. The molecule has 136 valence electrons. The lowest BCUT2D eigenvalue weighted by molar-refractivity contribution is -0.138. The highest BCUT2D eigenvalue weighted by Crippen LogP contribution is 2.36. The quantitative estimate of drug-likeness (QED) is 0.796. The van der Waals surface area contributed by atoms with Gasteiger partial charge < -0.3 is 0 Å². The van der Waals surface area contributed by atoms with E-state index in [2.05, 4.69) is 23.6 Å². The summed E-state index contributed by atoms with van der Waals surface area (Å²) in [6, 6.07) is 5.33. The fourth-order valence-electron chi connectivity index (χ4n) is 3.12. The molecule has 0 unspecified atom stereocenters. The number of benzene rings is 1. The van der Waals surface area contributed by atoms with Gasteiger partial charge in [-0.3, -0.25) is 9.80 Å². The third-order valence-electron chi connectivity index (χ3n) is 4.81. The van der Waals surface area contributed by atoms with Gasteiger partial charge in [0.1, 0.15) is 0 Å². The molecule has 1 aromatic rings. The van der Waals surface area contributed by atoms with Crippen LogP contribution in [0, 0.1) is 0 Å². The Labute approximate surface area is 143 Å². The molecule has 0 spiro atoms. The minimum Gasteiger partial charge on any atom is -0.298 e. The largest absolute Gasteiger partial charge is 0.416 e. The smallest absolute Gasteiger partial charge is 0.298 e. The van der Waals surface area contributed by atoms with Crippen molar-refractivity contribution < 1.29 is 13.2 Å². The first kappa shape index (κ1) is 19.3. The van der Waals surface area contributed by atoms with Crippen LogP contribution < -0.4 is 0 Å². The number of nitrogens with zero attached hydrogens (tertiary/aromatic N) is 2. The molecule has 1 fully saturated rings. The van der Waals surface area contributed by atoms with E-state index in [0.717, 1.165) is 31.7 Å². The van der Waals surface area contributed by atoms with Crippen LogP contribution in [-0.2, 0) is 18.1 Å². The highest BCUT2D eigenvalue weighted by atomic mass is 19.4. The standard InChI is InChI=1S/C19H29F3N2/c1-14(2)24-10-8-23(9-11-24)13-15-6-7-16(18(3,4)5)12-17(15)19(20,21)22/h6-7,12,14H,8-11,13H2,1-5H3. The summed E-state index contributed by atoms with van der Waals surface area (Å²) in [5, 5.41) is 0. The second-order valence-corrected chi connectivity index (χ2v) is 8.03. The van der Waals surface area contributed by atoms with Crippen LogP contribution in [0.1, 0.15) is 51.3 Å². The molecule has 5 heteroatoms. The van der Waals surface area contributed by atoms with Crippen molar-refractivity contribution in [1.29, 1.82) is 0 Å². The first-order chi connectivity index (χ1) is 11.0. The lowest BCUT2D eigenvalue weighted by Crippen LogP contribution is -2.48. The highest BCUT2D eigenvalue weighted by Gasteiger charge is 2.35. The molecule has 1 aliphatic heterocycles. The van der Waals surface area contributed by atoms with Crippen molar-refractivity contribution >= 4 is 0 Å². The summed E-state index contributed by atoms with van der Waals surface area (Å²) in [4.78, 5) is 4.49.